The average Bonchev–Trinajstić information content (AvgIpc) is 3.28. The van der Waals surface area contributed by atoms with Gasteiger partial charge in [-0.15, -0.1) is 11.3 Å². The van der Waals surface area contributed by atoms with E-state index in [0.29, 0.717) is 30.5 Å². The SMILES string of the molecule is Cc1nc(C2CC2)nc2sc(C(=O)N[C@H](C)CN3CCOC3=O)c(C)c12. The van der Waals surface area contributed by atoms with E-state index in [9.17, 15) is 9.59 Å². The van der Waals surface area contributed by atoms with E-state index in [1.807, 2.05) is 20.8 Å². The summed E-state index contributed by atoms with van der Waals surface area (Å²) in [4.78, 5) is 36.8. The highest BCUT2D eigenvalue weighted by Crippen LogP contribution is 2.40. The third-order valence-electron chi connectivity index (χ3n) is 4.85. The fourth-order valence-electron chi connectivity index (χ4n) is 3.36. The Morgan fingerprint density at radius 3 is 2.81 bits per heavy atom. The highest BCUT2D eigenvalue weighted by Gasteiger charge is 2.29. The van der Waals surface area contributed by atoms with Crippen molar-refractivity contribution in [2.75, 3.05) is 19.7 Å². The lowest BCUT2D eigenvalue weighted by Crippen LogP contribution is -2.42. The van der Waals surface area contributed by atoms with Crippen LogP contribution in [0.15, 0.2) is 0 Å². The van der Waals surface area contributed by atoms with Gasteiger partial charge < -0.3 is 15.0 Å². The van der Waals surface area contributed by atoms with Crippen LogP contribution in [0, 0.1) is 13.8 Å². The first-order valence-corrected chi connectivity index (χ1v) is 9.76. The number of hydrogen-bond acceptors (Lipinski definition) is 6. The molecule has 1 atom stereocenters. The number of cyclic esters (lactones) is 1. The molecule has 4 rings (SSSR count). The van der Waals surface area contributed by atoms with E-state index in [-0.39, 0.29) is 18.0 Å². The number of amides is 2. The number of hydrogen-bond donors (Lipinski definition) is 1. The van der Waals surface area contributed by atoms with Gasteiger partial charge in [0.25, 0.3) is 5.91 Å². The van der Waals surface area contributed by atoms with Crippen molar-refractivity contribution in [3.8, 4) is 0 Å². The second-order valence-corrected chi connectivity index (χ2v) is 8.11. The number of aryl methyl sites for hydroxylation is 2. The lowest BCUT2D eigenvalue weighted by molar-refractivity contribution is 0.0934. The first kappa shape index (κ1) is 17.2. The van der Waals surface area contributed by atoms with Crippen LogP contribution in [0.3, 0.4) is 0 Å². The molecule has 1 aliphatic heterocycles. The van der Waals surface area contributed by atoms with Crippen LogP contribution in [0.1, 0.15) is 52.4 Å². The van der Waals surface area contributed by atoms with E-state index in [0.717, 1.165) is 40.1 Å². The molecule has 8 heteroatoms. The zero-order valence-electron chi connectivity index (χ0n) is 15.2. The molecule has 1 aliphatic carbocycles. The third kappa shape index (κ3) is 3.13. The molecule has 2 aromatic rings. The van der Waals surface area contributed by atoms with Gasteiger partial charge in [0, 0.05) is 23.9 Å². The summed E-state index contributed by atoms with van der Waals surface area (Å²) < 4.78 is 4.92. The summed E-state index contributed by atoms with van der Waals surface area (Å²) in [6.45, 7) is 7.25. The van der Waals surface area contributed by atoms with E-state index < -0.39 is 0 Å². The van der Waals surface area contributed by atoms with Gasteiger partial charge >= 0.3 is 6.09 Å². The summed E-state index contributed by atoms with van der Waals surface area (Å²) >= 11 is 1.42. The Balaban J connectivity index is 1.53. The van der Waals surface area contributed by atoms with Crippen LogP contribution in [0.2, 0.25) is 0 Å². The Kier molecular flexibility index (Phi) is 4.30. The summed E-state index contributed by atoms with van der Waals surface area (Å²) in [5.74, 6) is 1.26. The molecule has 0 bridgehead atoms. The number of carbonyl (C=O) groups excluding carboxylic acids is 2. The predicted octanol–water partition coefficient (Wildman–Crippen LogP) is 2.76. The third-order valence-corrected chi connectivity index (χ3v) is 6.04. The van der Waals surface area contributed by atoms with Crippen molar-refractivity contribution in [1.29, 1.82) is 0 Å². The van der Waals surface area contributed by atoms with Gasteiger partial charge in [0.1, 0.15) is 17.3 Å². The quantitative estimate of drug-likeness (QED) is 0.870. The van der Waals surface area contributed by atoms with Crippen LogP contribution in [0.25, 0.3) is 10.2 Å². The number of ether oxygens (including phenoxy) is 1. The van der Waals surface area contributed by atoms with Gasteiger partial charge in [-0.05, 0) is 39.2 Å². The molecule has 0 radical (unpaired) electrons. The van der Waals surface area contributed by atoms with E-state index in [4.69, 9.17) is 9.72 Å². The molecule has 1 saturated carbocycles. The zero-order valence-corrected chi connectivity index (χ0v) is 16.0. The number of thiophene rings is 1. The van der Waals surface area contributed by atoms with Gasteiger partial charge in [-0.2, -0.15) is 0 Å². The zero-order chi connectivity index (χ0) is 18.4. The Morgan fingerprint density at radius 1 is 1.38 bits per heavy atom. The van der Waals surface area contributed by atoms with Crippen molar-refractivity contribution in [2.45, 2.75) is 45.6 Å². The molecular weight excluding hydrogens is 352 g/mol. The molecule has 26 heavy (non-hydrogen) atoms. The molecule has 138 valence electrons. The molecule has 3 heterocycles. The van der Waals surface area contributed by atoms with Gasteiger partial charge in [0.05, 0.1) is 17.1 Å². The standard InChI is InChI=1S/C18H22N4O3S/c1-9(8-22-6-7-25-18(22)24)19-16(23)14-10(2)13-11(3)20-15(12-4-5-12)21-17(13)26-14/h9,12H,4-8H2,1-3H3,(H,19,23)/t9-/m1/s1. The highest BCUT2D eigenvalue weighted by atomic mass is 32.1. The molecule has 0 unspecified atom stereocenters. The molecule has 0 spiro atoms. The number of aromatic nitrogens is 2. The number of nitrogens with zero attached hydrogens (tertiary/aromatic N) is 3. The van der Waals surface area contributed by atoms with Gasteiger partial charge in [-0.1, -0.05) is 0 Å². The van der Waals surface area contributed by atoms with E-state index >= 15 is 0 Å². The Bertz CT molecular complexity index is 890. The van der Waals surface area contributed by atoms with E-state index in [1.54, 1.807) is 4.90 Å². The summed E-state index contributed by atoms with van der Waals surface area (Å²) in [6, 6.07) is -0.160. The highest BCUT2D eigenvalue weighted by molar-refractivity contribution is 7.20. The van der Waals surface area contributed by atoms with Crippen LogP contribution >= 0.6 is 11.3 Å². The first-order valence-electron chi connectivity index (χ1n) is 8.94. The van der Waals surface area contributed by atoms with Crippen molar-refractivity contribution >= 4 is 33.6 Å². The summed E-state index contributed by atoms with van der Waals surface area (Å²) in [7, 11) is 0. The molecule has 0 aromatic carbocycles. The Morgan fingerprint density at radius 2 is 2.15 bits per heavy atom. The molecule has 1 saturated heterocycles. The molecule has 7 nitrogen and oxygen atoms in total. The molecule has 2 aromatic heterocycles. The lowest BCUT2D eigenvalue weighted by atomic mass is 10.1. The monoisotopic (exact) mass is 374 g/mol. The normalized spacial score (nSPS) is 18.3. The van der Waals surface area contributed by atoms with Crippen molar-refractivity contribution in [3.63, 3.8) is 0 Å². The first-order chi connectivity index (χ1) is 12.4. The number of fused-ring (bicyclic) bond motifs is 1. The predicted molar refractivity (Wildman–Crippen MR) is 98.7 cm³/mol. The van der Waals surface area contributed by atoms with Crippen LogP contribution < -0.4 is 5.32 Å². The second kappa shape index (κ2) is 6.50. The maximum atomic E-state index is 12.8. The van der Waals surface area contributed by atoms with Crippen molar-refractivity contribution in [2.24, 2.45) is 0 Å². The molecule has 2 amide bonds. The fourth-order valence-corrected chi connectivity index (χ4v) is 4.50. The summed E-state index contributed by atoms with van der Waals surface area (Å²) in [6.07, 6.45) is 1.99. The number of nitrogens with one attached hydrogen (secondary N) is 1. The Labute approximate surface area is 155 Å². The number of carbonyl (C=O) groups is 2. The van der Waals surface area contributed by atoms with Gasteiger partial charge in [0.15, 0.2) is 0 Å². The minimum absolute atomic E-state index is 0.127. The summed E-state index contributed by atoms with van der Waals surface area (Å²) in [5, 5.41) is 3.97. The van der Waals surface area contributed by atoms with E-state index in [2.05, 4.69) is 10.3 Å². The Hall–Kier alpha value is -2.22. The largest absolute Gasteiger partial charge is 0.448 e. The average molecular weight is 374 g/mol. The lowest BCUT2D eigenvalue weighted by Gasteiger charge is -2.19. The number of rotatable bonds is 5. The molecular formula is C18H22N4O3S. The minimum atomic E-state index is -0.317. The molecule has 2 fully saturated rings. The topological polar surface area (TPSA) is 84.4 Å². The fraction of sp³-hybridized carbons (Fsp3) is 0.556. The van der Waals surface area contributed by atoms with Crippen molar-refractivity contribution in [1.82, 2.24) is 20.2 Å². The maximum Gasteiger partial charge on any atom is 0.410 e. The van der Waals surface area contributed by atoms with Gasteiger partial charge in [-0.25, -0.2) is 14.8 Å². The van der Waals surface area contributed by atoms with Crippen molar-refractivity contribution < 1.29 is 14.3 Å². The van der Waals surface area contributed by atoms with Crippen LogP contribution in [-0.2, 0) is 4.74 Å². The second-order valence-electron chi connectivity index (χ2n) is 7.11. The minimum Gasteiger partial charge on any atom is -0.448 e. The maximum absolute atomic E-state index is 12.8. The van der Waals surface area contributed by atoms with Gasteiger partial charge in [0.2, 0.25) is 0 Å². The molecule has 1 N–H and O–H groups in total. The van der Waals surface area contributed by atoms with Crippen molar-refractivity contribution in [3.05, 3.63) is 22.0 Å². The van der Waals surface area contributed by atoms with Gasteiger partial charge in [-0.3, -0.25) is 4.79 Å². The summed E-state index contributed by atoms with van der Waals surface area (Å²) in [5.41, 5.74) is 1.87. The van der Waals surface area contributed by atoms with E-state index in [1.165, 1.54) is 11.3 Å². The molecule has 2 aliphatic rings. The smallest absolute Gasteiger partial charge is 0.410 e. The van der Waals surface area contributed by atoms with Crippen LogP contribution in [-0.4, -0.2) is 52.6 Å². The van der Waals surface area contributed by atoms with Crippen LogP contribution in [0.4, 0.5) is 4.79 Å². The van der Waals surface area contributed by atoms with Crippen LogP contribution in [0.5, 0.6) is 0 Å².